The van der Waals surface area contributed by atoms with Crippen LogP contribution < -0.4 is 4.31 Å². The Morgan fingerprint density at radius 1 is 1.35 bits per heavy atom. The van der Waals surface area contributed by atoms with Crippen LogP contribution >= 0.6 is 0 Å². The fraction of sp³-hybridized carbons (Fsp3) is 0.700. The number of aryl methyl sites for hydroxylation is 1. The average Bonchev–Trinajstić information content (AvgIpc) is 2.78. The van der Waals surface area contributed by atoms with Gasteiger partial charge in [-0.25, -0.2) is 8.42 Å². The number of fused-ring (bicyclic) bond motifs is 1. The third-order valence-electron chi connectivity index (χ3n) is 2.48. The largest absolute Gasteiger partial charge is 0.370 e. The minimum atomic E-state index is -3.25. The van der Waals surface area contributed by atoms with Gasteiger partial charge in [0.15, 0.2) is 0 Å². The van der Waals surface area contributed by atoms with Crippen molar-refractivity contribution in [2.75, 3.05) is 17.6 Å². The zero-order chi connectivity index (χ0) is 13.2. The van der Waals surface area contributed by atoms with Crippen LogP contribution in [0.15, 0.2) is 0 Å². The summed E-state index contributed by atoms with van der Waals surface area (Å²) in [7, 11) is -0.00264. The maximum Gasteiger partial charge on any atom is 0.233 e. The molecule has 0 aromatic carbocycles. The van der Waals surface area contributed by atoms with E-state index >= 15 is 0 Å². The van der Waals surface area contributed by atoms with Crippen LogP contribution in [-0.2, 0) is 35.0 Å². The van der Waals surface area contributed by atoms with Crippen molar-refractivity contribution in [1.29, 1.82) is 0 Å². The molecule has 0 aliphatic carbocycles. The number of rotatable bonds is 2. The quantitative estimate of drug-likeness (QED) is 0.792. The second-order valence-electron chi connectivity index (χ2n) is 3.60. The summed E-state index contributed by atoms with van der Waals surface area (Å²) in [5.41, 5.74) is 1.69. The highest BCUT2D eigenvalue weighted by Crippen LogP contribution is 2.29. The first-order valence-electron chi connectivity index (χ1n) is 5.47. The molecule has 0 N–H and O–H groups in total. The van der Waals surface area contributed by atoms with Gasteiger partial charge in [0, 0.05) is 19.7 Å². The highest BCUT2D eigenvalue weighted by atomic mass is 32.2. The van der Waals surface area contributed by atoms with Gasteiger partial charge in [0.2, 0.25) is 10.0 Å². The Bertz CT molecular complexity index is 493. The van der Waals surface area contributed by atoms with Crippen LogP contribution in [0.5, 0.6) is 0 Å². The Labute approximate surface area is 102 Å². The van der Waals surface area contributed by atoms with Crippen LogP contribution in [-0.4, -0.2) is 31.5 Å². The van der Waals surface area contributed by atoms with Gasteiger partial charge in [-0.3, -0.25) is 8.99 Å². The molecular weight excluding hydrogens is 242 g/mol. The Morgan fingerprint density at radius 2 is 1.94 bits per heavy atom. The molecule has 17 heavy (non-hydrogen) atoms. The van der Waals surface area contributed by atoms with Crippen LogP contribution in [0.2, 0.25) is 0 Å². The van der Waals surface area contributed by atoms with Gasteiger partial charge in [0.1, 0.15) is 5.82 Å². The third kappa shape index (κ3) is 2.61. The molecular formula is C10H19N3O3S. The Balaban J connectivity index is 0.000000686. The van der Waals surface area contributed by atoms with Crippen LogP contribution in [0.25, 0.3) is 0 Å². The van der Waals surface area contributed by atoms with Crippen molar-refractivity contribution in [1.82, 2.24) is 9.78 Å². The SMILES string of the molecule is CC.CN(c1c2c(nn1C)COC2)S(C)(=O)=O. The van der Waals surface area contributed by atoms with Gasteiger partial charge >= 0.3 is 0 Å². The van der Waals surface area contributed by atoms with Gasteiger partial charge in [0.25, 0.3) is 0 Å². The van der Waals surface area contributed by atoms with E-state index in [2.05, 4.69) is 5.10 Å². The molecule has 0 unspecified atom stereocenters. The Kier molecular flexibility index (Phi) is 4.16. The number of nitrogens with zero attached hydrogens (tertiary/aromatic N) is 3. The molecule has 0 saturated heterocycles. The molecule has 7 heteroatoms. The molecule has 98 valence electrons. The standard InChI is InChI=1S/C8H13N3O3S.C2H6/c1-10-8(11(2)15(3,12)13)6-4-14-5-7(6)9-10;1-2/h4-5H2,1-3H3;1-2H3. The summed E-state index contributed by atoms with van der Waals surface area (Å²) >= 11 is 0. The van der Waals surface area contributed by atoms with Crippen LogP contribution in [0.4, 0.5) is 5.82 Å². The predicted molar refractivity (Wildman–Crippen MR) is 66.3 cm³/mol. The fourth-order valence-electron chi connectivity index (χ4n) is 1.68. The number of hydrogen-bond donors (Lipinski definition) is 0. The smallest absolute Gasteiger partial charge is 0.233 e. The normalized spacial score (nSPS) is 13.9. The zero-order valence-corrected chi connectivity index (χ0v) is 11.7. The first-order valence-corrected chi connectivity index (χ1v) is 7.32. The van der Waals surface area contributed by atoms with E-state index < -0.39 is 10.0 Å². The summed E-state index contributed by atoms with van der Waals surface area (Å²) < 4.78 is 30.9. The van der Waals surface area contributed by atoms with Crippen LogP contribution in [0.3, 0.4) is 0 Å². The third-order valence-corrected chi connectivity index (χ3v) is 3.64. The molecule has 1 aromatic heterocycles. The van der Waals surface area contributed by atoms with Crippen molar-refractivity contribution >= 4 is 15.8 Å². The average molecular weight is 261 g/mol. The number of ether oxygens (including phenoxy) is 1. The summed E-state index contributed by atoms with van der Waals surface area (Å²) in [6, 6.07) is 0. The maximum absolute atomic E-state index is 11.4. The second-order valence-corrected chi connectivity index (χ2v) is 5.61. The zero-order valence-electron chi connectivity index (χ0n) is 10.9. The lowest BCUT2D eigenvalue weighted by molar-refractivity contribution is 0.131. The molecule has 0 spiro atoms. The van der Waals surface area contributed by atoms with Crippen molar-refractivity contribution in [3.63, 3.8) is 0 Å². The monoisotopic (exact) mass is 261 g/mol. The van der Waals surface area contributed by atoms with Gasteiger partial charge in [-0.1, -0.05) is 13.8 Å². The van der Waals surface area contributed by atoms with Crippen molar-refractivity contribution in [3.05, 3.63) is 11.3 Å². The van der Waals surface area contributed by atoms with Crippen LogP contribution in [0.1, 0.15) is 25.1 Å². The maximum atomic E-state index is 11.4. The predicted octanol–water partition coefficient (Wildman–Crippen LogP) is 0.872. The molecule has 0 fully saturated rings. The Hall–Kier alpha value is -1.08. The number of sulfonamides is 1. The van der Waals surface area contributed by atoms with Crippen LogP contribution in [0, 0.1) is 0 Å². The van der Waals surface area contributed by atoms with Gasteiger partial charge in [0.05, 0.1) is 25.2 Å². The summed E-state index contributed by atoms with van der Waals surface area (Å²) in [6.45, 7) is 4.89. The minimum absolute atomic E-state index is 0.429. The van der Waals surface area contributed by atoms with Crippen molar-refractivity contribution in [3.8, 4) is 0 Å². The van der Waals surface area contributed by atoms with Crippen molar-refractivity contribution < 1.29 is 13.2 Å². The van der Waals surface area contributed by atoms with E-state index in [0.29, 0.717) is 19.0 Å². The van der Waals surface area contributed by atoms with Gasteiger partial charge in [-0.2, -0.15) is 5.10 Å². The topological polar surface area (TPSA) is 64.4 Å². The van der Waals surface area contributed by atoms with E-state index in [1.54, 1.807) is 11.7 Å². The molecule has 0 saturated carbocycles. The second kappa shape index (κ2) is 5.05. The molecule has 6 nitrogen and oxygen atoms in total. The molecule has 0 amide bonds. The number of hydrogen-bond acceptors (Lipinski definition) is 4. The lowest BCUT2D eigenvalue weighted by Gasteiger charge is -2.17. The summed E-state index contributed by atoms with van der Waals surface area (Å²) in [4.78, 5) is 0. The van der Waals surface area contributed by atoms with Gasteiger partial charge < -0.3 is 4.74 Å². The summed E-state index contributed by atoms with van der Waals surface area (Å²) in [5, 5.41) is 4.21. The van der Waals surface area contributed by atoms with Crippen molar-refractivity contribution in [2.45, 2.75) is 27.1 Å². The van der Waals surface area contributed by atoms with Crippen molar-refractivity contribution in [2.24, 2.45) is 7.05 Å². The molecule has 1 aromatic rings. The molecule has 2 heterocycles. The molecule has 2 rings (SSSR count). The number of aromatic nitrogens is 2. The molecule has 0 atom stereocenters. The molecule has 1 aliphatic heterocycles. The van der Waals surface area contributed by atoms with E-state index in [0.717, 1.165) is 11.3 Å². The molecule has 0 bridgehead atoms. The molecule has 0 radical (unpaired) electrons. The van der Waals surface area contributed by atoms with E-state index in [-0.39, 0.29) is 0 Å². The molecule has 1 aliphatic rings. The minimum Gasteiger partial charge on any atom is -0.370 e. The lowest BCUT2D eigenvalue weighted by Crippen LogP contribution is -2.27. The fourth-order valence-corrected chi connectivity index (χ4v) is 2.22. The first-order chi connectivity index (χ1) is 7.91. The Morgan fingerprint density at radius 3 is 2.47 bits per heavy atom. The lowest BCUT2D eigenvalue weighted by atomic mass is 10.3. The number of anilines is 1. The highest BCUT2D eigenvalue weighted by Gasteiger charge is 2.27. The van der Waals surface area contributed by atoms with E-state index in [4.69, 9.17) is 4.74 Å². The van der Waals surface area contributed by atoms with Gasteiger partial charge in [-0.05, 0) is 0 Å². The highest BCUT2D eigenvalue weighted by molar-refractivity contribution is 7.92. The summed E-state index contributed by atoms with van der Waals surface area (Å²) in [5.74, 6) is 0.588. The van der Waals surface area contributed by atoms with Gasteiger partial charge in [-0.15, -0.1) is 0 Å². The summed E-state index contributed by atoms with van der Waals surface area (Å²) in [6.07, 6.45) is 1.17. The van der Waals surface area contributed by atoms with E-state index in [9.17, 15) is 8.42 Å². The van der Waals surface area contributed by atoms with E-state index in [1.807, 2.05) is 13.8 Å². The van der Waals surface area contributed by atoms with E-state index in [1.165, 1.54) is 17.6 Å². The first kappa shape index (κ1) is 14.0.